The lowest BCUT2D eigenvalue weighted by Gasteiger charge is -2.25. The van der Waals surface area contributed by atoms with E-state index < -0.39 is 10.0 Å². The van der Waals surface area contributed by atoms with Crippen molar-refractivity contribution in [1.29, 1.82) is 0 Å². The second-order valence-electron chi connectivity index (χ2n) is 6.10. The molecular formula is C16H25N3O2S. The third kappa shape index (κ3) is 3.32. The lowest BCUT2D eigenvalue weighted by Crippen LogP contribution is -2.23. The van der Waals surface area contributed by atoms with Gasteiger partial charge in [0, 0.05) is 31.9 Å². The summed E-state index contributed by atoms with van der Waals surface area (Å²) in [5.41, 5.74) is 2.86. The highest BCUT2D eigenvalue weighted by Gasteiger charge is 2.20. The van der Waals surface area contributed by atoms with Crippen LogP contribution in [0.4, 0.5) is 17.1 Å². The molecule has 1 aromatic carbocycles. The molecule has 0 amide bonds. The lowest BCUT2D eigenvalue weighted by atomic mass is 10.2. The fraction of sp³-hybridized carbons (Fsp3) is 0.625. The SMILES string of the molecule is CCS(=O)(=O)Nc1cc(N2CCCC2)ccc1N1CCCC1. The van der Waals surface area contributed by atoms with Crippen LogP contribution < -0.4 is 14.5 Å². The predicted octanol–water partition coefficient (Wildman–Crippen LogP) is 2.65. The van der Waals surface area contributed by atoms with Gasteiger partial charge in [-0.1, -0.05) is 0 Å². The van der Waals surface area contributed by atoms with E-state index in [1.165, 1.54) is 25.7 Å². The van der Waals surface area contributed by atoms with Gasteiger partial charge in [0.15, 0.2) is 0 Å². The fourth-order valence-electron chi connectivity index (χ4n) is 3.25. The molecule has 0 aliphatic carbocycles. The molecule has 6 heteroatoms. The van der Waals surface area contributed by atoms with Gasteiger partial charge >= 0.3 is 0 Å². The van der Waals surface area contributed by atoms with Crippen molar-refractivity contribution in [3.63, 3.8) is 0 Å². The van der Waals surface area contributed by atoms with E-state index in [0.717, 1.165) is 43.2 Å². The molecule has 0 saturated carbocycles. The molecule has 0 unspecified atom stereocenters. The van der Waals surface area contributed by atoms with Crippen molar-refractivity contribution < 1.29 is 8.42 Å². The molecule has 1 N–H and O–H groups in total. The molecule has 5 nitrogen and oxygen atoms in total. The van der Waals surface area contributed by atoms with E-state index in [1.807, 2.05) is 6.07 Å². The van der Waals surface area contributed by atoms with Gasteiger partial charge in [-0.05, 0) is 50.8 Å². The summed E-state index contributed by atoms with van der Waals surface area (Å²) in [6, 6.07) is 6.21. The van der Waals surface area contributed by atoms with Gasteiger partial charge in [0.1, 0.15) is 0 Å². The number of rotatable bonds is 5. The van der Waals surface area contributed by atoms with Crippen molar-refractivity contribution in [2.45, 2.75) is 32.6 Å². The Morgan fingerprint density at radius 2 is 1.59 bits per heavy atom. The summed E-state index contributed by atoms with van der Waals surface area (Å²) in [6.07, 6.45) is 4.77. The highest BCUT2D eigenvalue weighted by Crippen LogP contribution is 2.34. The maximum Gasteiger partial charge on any atom is 0.232 e. The molecule has 3 rings (SSSR count). The second-order valence-corrected chi connectivity index (χ2v) is 8.11. The van der Waals surface area contributed by atoms with E-state index >= 15 is 0 Å². The molecule has 122 valence electrons. The Hall–Kier alpha value is -1.43. The number of hydrogen-bond donors (Lipinski definition) is 1. The van der Waals surface area contributed by atoms with Gasteiger partial charge in [0.25, 0.3) is 0 Å². The second kappa shape index (κ2) is 6.36. The predicted molar refractivity (Wildman–Crippen MR) is 92.4 cm³/mol. The van der Waals surface area contributed by atoms with Gasteiger partial charge in [-0.15, -0.1) is 0 Å². The number of hydrogen-bond acceptors (Lipinski definition) is 4. The summed E-state index contributed by atoms with van der Waals surface area (Å²) in [7, 11) is -3.26. The molecular weight excluding hydrogens is 298 g/mol. The number of anilines is 3. The highest BCUT2D eigenvalue weighted by atomic mass is 32.2. The minimum Gasteiger partial charge on any atom is -0.371 e. The zero-order valence-corrected chi connectivity index (χ0v) is 14.0. The zero-order valence-electron chi connectivity index (χ0n) is 13.2. The Labute approximate surface area is 133 Å². The first-order chi connectivity index (χ1) is 10.6. The van der Waals surface area contributed by atoms with Gasteiger partial charge in [-0.2, -0.15) is 0 Å². The summed E-state index contributed by atoms with van der Waals surface area (Å²) in [5, 5.41) is 0. The summed E-state index contributed by atoms with van der Waals surface area (Å²) >= 11 is 0. The van der Waals surface area contributed by atoms with Gasteiger partial charge < -0.3 is 9.80 Å². The van der Waals surface area contributed by atoms with Crippen molar-refractivity contribution in [1.82, 2.24) is 0 Å². The highest BCUT2D eigenvalue weighted by molar-refractivity contribution is 7.92. The molecule has 2 aliphatic rings. The maximum absolute atomic E-state index is 12.0. The summed E-state index contributed by atoms with van der Waals surface area (Å²) in [5.74, 6) is 0.0976. The van der Waals surface area contributed by atoms with Crippen LogP contribution in [0, 0.1) is 0 Å². The Bertz CT molecular complexity index is 618. The lowest BCUT2D eigenvalue weighted by molar-refractivity contribution is 0.602. The zero-order chi connectivity index (χ0) is 15.6. The Morgan fingerprint density at radius 3 is 2.18 bits per heavy atom. The average Bonchev–Trinajstić information content (AvgIpc) is 3.20. The molecule has 1 aromatic rings. The smallest absolute Gasteiger partial charge is 0.232 e. The van der Waals surface area contributed by atoms with E-state index in [2.05, 4.69) is 26.7 Å². The quantitative estimate of drug-likeness (QED) is 0.905. The van der Waals surface area contributed by atoms with Crippen LogP contribution in [-0.4, -0.2) is 40.3 Å². The minimum atomic E-state index is -3.26. The van der Waals surface area contributed by atoms with Crippen molar-refractivity contribution in [2.24, 2.45) is 0 Å². The van der Waals surface area contributed by atoms with Gasteiger partial charge in [0.05, 0.1) is 17.1 Å². The van der Waals surface area contributed by atoms with Gasteiger partial charge in [-0.25, -0.2) is 8.42 Å². The van der Waals surface area contributed by atoms with Crippen LogP contribution >= 0.6 is 0 Å². The Morgan fingerprint density at radius 1 is 1.00 bits per heavy atom. The number of nitrogens with zero attached hydrogens (tertiary/aromatic N) is 2. The van der Waals surface area contributed by atoms with E-state index in [-0.39, 0.29) is 5.75 Å². The molecule has 2 fully saturated rings. The van der Waals surface area contributed by atoms with Crippen molar-refractivity contribution in [3.8, 4) is 0 Å². The van der Waals surface area contributed by atoms with Crippen molar-refractivity contribution in [2.75, 3.05) is 46.5 Å². The molecule has 0 atom stereocenters. The van der Waals surface area contributed by atoms with Crippen LogP contribution in [0.5, 0.6) is 0 Å². The number of benzene rings is 1. The molecule has 22 heavy (non-hydrogen) atoms. The number of nitrogens with one attached hydrogen (secondary N) is 1. The average molecular weight is 323 g/mol. The summed E-state index contributed by atoms with van der Waals surface area (Å²) in [4.78, 5) is 4.61. The third-order valence-corrected chi connectivity index (χ3v) is 5.83. The van der Waals surface area contributed by atoms with Crippen LogP contribution in [-0.2, 0) is 10.0 Å². The van der Waals surface area contributed by atoms with Crippen molar-refractivity contribution >= 4 is 27.1 Å². The Kier molecular flexibility index (Phi) is 4.47. The fourth-order valence-corrected chi connectivity index (χ4v) is 3.89. The standard InChI is InChI=1S/C16H25N3O2S/c1-2-22(20,21)17-15-13-14(18-9-3-4-10-18)7-8-16(15)19-11-5-6-12-19/h7-8,13,17H,2-6,9-12H2,1H3. The normalized spacial score (nSPS) is 19.0. The monoisotopic (exact) mass is 323 g/mol. The van der Waals surface area contributed by atoms with Crippen LogP contribution in [0.2, 0.25) is 0 Å². The Balaban J connectivity index is 1.94. The summed E-state index contributed by atoms with van der Waals surface area (Å²) in [6.45, 7) is 5.79. The molecule has 2 heterocycles. The van der Waals surface area contributed by atoms with Crippen LogP contribution in [0.3, 0.4) is 0 Å². The summed E-state index contributed by atoms with van der Waals surface area (Å²) < 4.78 is 26.8. The molecule has 2 aliphatic heterocycles. The first kappa shape index (κ1) is 15.5. The van der Waals surface area contributed by atoms with Gasteiger partial charge in [-0.3, -0.25) is 4.72 Å². The number of sulfonamides is 1. The van der Waals surface area contributed by atoms with Crippen LogP contribution in [0.15, 0.2) is 18.2 Å². The topological polar surface area (TPSA) is 52.7 Å². The first-order valence-corrected chi connectivity index (χ1v) is 9.89. The van der Waals surface area contributed by atoms with Crippen LogP contribution in [0.1, 0.15) is 32.6 Å². The van der Waals surface area contributed by atoms with E-state index in [9.17, 15) is 8.42 Å². The van der Waals surface area contributed by atoms with E-state index in [4.69, 9.17) is 0 Å². The van der Waals surface area contributed by atoms with Crippen molar-refractivity contribution in [3.05, 3.63) is 18.2 Å². The van der Waals surface area contributed by atoms with E-state index in [1.54, 1.807) is 6.92 Å². The molecule has 0 bridgehead atoms. The van der Waals surface area contributed by atoms with E-state index in [0.29, 0.717) is 0 Å². The third-order valence-electron chi connectivity index (χ3n) is 4.54. The first-order valence-electron chi connectivity index (χ1n) is 8.23. The minimum absolute atomic E-state index is 0.0976. The molecule has 0 aromatic heterocycles. The molecule has 2 saturated heterocycles. The van der Waals surface area contributed by atoms with Crippen LogP contribution in [0.25, 0.3) is 0 Å². The van der Waals surface area contributed by atoms with Gasteiger partial charge in [0.2, 0.25) is 10.0 Å². The maximum atomic E-state index is 12.0. The largest absolute Gasteiger partial charge is 0.371 e. The molecule has 0 radical (unpaired) electrons. The molecule has 0 spiro atoms.